The van der Waals surface area contributed by atoms with Crippen molar-refractivity contribution in [3.05, 3.63) is 42.7 Å². The molecule has 1 aliphatic heterocycles. The van der Waals surface area contributed by atoms with Gasteiger partial charge in [0.2, 0.25) is 0 Å². The molecule has 1 aromatic carbocycles. The van der Waals surface area contributed by atoms with Crippen LogP contribution in [0.1, 0.15) is 6.42 Å². The number of carbonyl (C=O) groups is 1. The molecule has 0 radical (unpaired) electrons. The average molecular weight is 260 g/mol. The van der Waals surface area contributed by atoms with Crippen molar-refractivity contribution in [2.75, 3.05) is 6.61 Å². The third-order valence-corrected chi connectivity index (χ3v) is 4.00. The summed E-state index contributed by atoms with van der Waals surface area (Å²) in [6, 6.07) is 9.96. The lowest BCUT2D eigenvalue weighted by Crippen LogP contribution is -2.10. The molecular weight excluding hydrogens is 248 g/mol. The minimum absolute atomic E-state index is 0.130. The summed E-state index contributed by atoms with van der Waals surface area (Å²) in [5, 5.41) is 0.694. The third-order valence-electron chi connectivity index (χ3n) is 2.78. The van der Waals surface area contributed by atoms with Gasteiger partial charge in [0.25, 0.3) is 0 Å². The number of rotatable bonds is 3. The van der Waals surface area contributed by atoms with Crippen LogP contribution in [0.2, 0.25) is 0 Å². The van der Waals surface area contributed by atoms with Crippen LogP contribution < -0.4 is 0 Å². The Balaban J connectivity index is 1.86. The highest BCUT2D eigenvalue weighted by Crippen LogP contribution is 2.29. The molecule has 0 unspecified atom stereocenters. The fraction of sp³-hybridized carbons (Fsp3) is 0.231. The Bertz CT molecular complexity index is 553. The molecule has 4 nitrogen and oxygen atoms in total. The number of carbonyl (C=O) groups excluding carboxylic acids is 1. The smallest absolute Gasteiger partial charge is 0.319 e. The Morgan fingerprint density at radius 1 is 1.33 bits per heavy atom. The molecule has 2 aromatic rings. The number of cyclic esters (lactones) is 1. The van der Waals surface area contributed by atoms with Gasteiger partial charge in [0.15, 0.2) is 5.16 Å². The second kappa shape index (κ2) is 4.86. The maximum Gasteiger partial charge on any atom is 0.319 e. The van der Waals surface area contributed by atoms with E-state index in [4.69, 9.17) is 4.74 Å². The molecule has 0 aliphatic carbocycles. The molecule has 5 heteroatoms. The van der Waals surface area contributed by atoms with Crippen molar-refractivity contribution in [2.24, 2.45) is 0 Å². The maximum absolute atomic E-state index is 11.5. The number of thioether (sulfide) groups is 1. The Morgan fingerprint density at radius 3 is 2.89 bits per heavy atom. The standard InChI is InChI=1S/C13H12N2O2S/c16-12-11(6-9-17-12)18-13-14-7-8-15(13)10-4-2-1-3-5-10/h1-5,7-8,11H,6,9H2/t11-/m1/s1. The summed E-state index contributed by atoms with van der Waals surface area (Å²) in [5.74, 6) is -0.136. The van der Waals surface area contributed by atoms with Crippen LogP contribution in [0.25, 0.3) is 5.69 Å². The molecule has 18 heavy (non-hydrogen) atoms. The van der Waals surface area contributed by atoms with Gasteiger partial charge in [-0.2, -0.15) is 0 Å². The van der Waals surface area contributed by atoms with E-state index in [9.17, 15) is 4.79 Å². The molecule has 1 saturated heterocycles. The van der Waals surface area contributed by atoms with Crippen LogP contribution in [0.5, 0.6) is 0 Å². The van der Waals surface area contributed by atoms with E-state index < -0.39 is 0 Å². The first-order valence-corrected chi connectivity index (χ1v) is 6.64. The number of para-hydroxylation sites is 1. The molecule has 92 valence electrons. The number of imidazole rings is 1. The topological polar surface area (TPSA) is 44.1 Å². The van der Waals surface area contributed by atoms with Crippen molar-refractivity contribution in [2.45, 2.75) is 16.8 Å². The summed E-state index contributed by atoms with van der Waals surface area (Å²) in [4.78, 5) is 15.8. The van der Waals surface area contributed by atoms with E-state index in [0.29, 0.717) is 6.61 Å². The SMILES string of the molecule is O=C1OCC[C@H]1Sc1nccn1-c1ccccc1. The zero-order chi connectivity index (χ0) is 12.4. The molecule has 0 N–H and O–H groups in total. The van der Waals surface area contributed by atoms with E-state index in [1.54, 1.807) is 6.20 Å². The van der Waals surface area contributed by atoms with E-state index >= 15 is 0 Å². The van der Waals surface area contributed by atoms with Crippen LogP contribution in [0.3, 0.4) is 0 Å². The van der Waals surface area contributed by atoms with Crippen molar-refractivity contribution >= 4 is 17.7 Å². The van der Waals surface area contributed by atoms with Gasteiger partial charge in [0, 0.05) is 24.5 Å². The first kappa shape index (κ1) is 11.3. The molecule has 1 atom stereocenters. The van der Waals surface area contributed by atoms with Gasteiger partial charge in [0.1, 0.15) is 5.25 Å². The zero-order valence-corrected chi connectivity index (χ0v) is 10.5. The number of benzene rings is 1. The lowest BCUT2D eigenvalue weighted by Gasteiger charge is -2.08. The van der Waals surface area contributed by atoms with Gasteiger partial charge < -0.3 is 4.74 Å². The molecule has 0 amide bonds. The third kappa shape index (κ3) is 2.13. The van der Waals surface area contributed by atoms with Crippen molar-refractivity contribution in [1.29, 1.82) is 0 Å². The van der Waals surface area contributed by atoms with Crippen molar-refractivity contribution in [3.63, 3.8) is 0 Å². The number of esters is 1. The lowest BCUT2D eigenvalue weighted by molar-refractivity contribution is -0.137. The Labute approximate surface area is 109 Å². The number of hydrogen-bond donors (Lipinski definition) is 0. The molecule has 0 bridgehead atoms. The first-order valence-electron chi connectivity index (χ1n) is 5.76. The van der Waals surface area contributed by atoms with Crippen LogP contribution in [0.4, 0.5) is 0 Å². The fourth-order valence-corrected chi connectivity index (χ4v) is 2.91. The highest BCUT2D eigenvalue weighted by atomic mass is 32.2. The Kier molecular flexibility index (Phi) is 3.06. The summed E-state index contributed by atoms with van der Waals surface area (Å²) in [7, 11) is 0. The predicted octanol–water partition coefficient (Wildman–Crippen LogP) is 2.28. The van der Waals surface area contributed by atoms with Crippen molar-refractivity contribution in [1.82, 2.24) is 9.55 Å². The second-order valence-corrected chi connectivity index (χ2v) is 5.15. The van der Waals surface area contributed by atoms with Crippen LogP contribution in [0, 0.1) is 0 Å². The van der Waals surface area contributed by atoms with Crippen molar-refractivity contribution < 1.29 is 9.53 Å². The summed E-state index contributed by atoms with van der Waals surface area (Å²) in [6.07, 6.45) is 4.40. The summed E-state index contributed by atoms with van der Waals surface area (Å²) in [6.45, 7) is 0.516. The molecule has 2 heterocycles. The van der Waals surface area contributed by atoms with Gasteiger partial charge in [0.05, 0.1) is 6.61 Å². The van der Waals surface area contributed by atoms with Gasteiger partial charge in [-0.05, 0) is 12.1 Å². The van der Waals surface area contributed by atoms with E-state index in [1.165, 1.54) is 11.8 Å². The van der Waals surface area contributed by atoms with Crippen LogP contribution in [-0.4, -0.2) is 27.4 Å². The molecule has 1 fully saturated rings. The number of ether oxygens (including phenoxy) is 1. The Hall–Kier alpha value is -1.75. The molecule has 1 aromatic heterocycles. The van der Waals surface area contributed by atoms with Gasteiger partial charge in [-0.1, -0.05) is 30.0 Å². The summed E-state index contributed by atoms with van der Waals surface area (Å²) in [5.41, 5.74) is 1.05. The highest BCUT2D eigenvalue weighted by Gasteiger charge is 2.29. The summed E-state index contributed by atoms with van der Waals surface area (Å²) < 4.78 is 6.95. The lowest BCUT2D eigenvalue weighted by atomic mass is 10.3. The largest absolute Gasteiger partial charge is 0.465 e. The normalized spacial score (nSPS) is 18.9. The van der Waals surface area contributed by atoms with Gasteiger partial charge in [-0.15, -0.1) is 0 Å². The van der Waals surface area contributed by atoms with E-state index in [2.05, 4.69) is 4.98 Å². The molecule has 0 saturated carbocycles. The minimum atomic E-state index is -0.136. The second-order valence-electron chi connectivity index (χ2n) is 3.98. The monoisotopic (exact) mass is 260 g/mol. The molecule has 3 rings (SSSR count). The number of hydrogen-bond acceptors (Lipinski definition) is 4. The minimum Gasteiger partial charge on any atom is -0.465 e. The summed E-state index contributed by atoms with van der Waals surface area (Å²) >= 11 is 1.46. The predicted molar refractivity (Wildman–Crippen MR) is 68.8 cm³/mol. The van der Waals surface area contributed by atoms with Gasteiger partial charge in [-0.25, -0.2) is 4.98 Å². The first-order chi connectivity index (χ1) is 8.84. The van der Waals surface area contributed by atoms with Gasteiger partial charge >= 0.3 is 5.97 Å². The van der Waals surface area contributed by atoms with E-state index in [-0.39, 0.29) is 11.2 Å². The maximum atomic E-state index is 11.5. The van der Waals surface area contributed by atoms with Crippen LogP contribution in [-0.2, 0) is 9.53 Å². The van der Waals surface area contributed by atoms with Crippen molar-refractivity contribution in [3.8, 4) is 5.69 Å². The molecule has 1 aliphatic rings. The fourth-order valence-electron chi connectivity index (χ4n) is 1.87. The zero-order valence-electron chi connectivity index (χ0n) is 9.65. The molecular formula is C13H12N2O2S. The van der Waals surface area contributed by atoms with E-state index in [0.717, 1.165) is 17.3 Å². The average Bonchev–Trinajstić information content (AvgIpc) is 3.01. The molecule has 0 spiro atoms. The van der Waals surface area contributed by atoms with Crippen LogP contribution in [0.15, 0.2) is 47.9 Å². The Morgan fingerprint density at radius 2 is 2.17 bits per heavy atom. The highest BCUT2D eigenvalue weighted by molar-refractivity contribution is 8.00. The number of nitrogens with zero attached hydrogens (tertiary/aromatic N) is 2. The number of aromatic nitrogens is 2. The van der Waals surface area contributed by atoms with E-state index in [1.807, 2.05) is 41.1 Å². The van der Waals surface area contributed by atoms with Crippen LogP contribution >= 0.6 is 11.8 Å². The quantitative estimate of drug-likeness (QED) is 0.794. The van der Waals surface area contributed by atoms with Gasteiger partial charge in [-0.3, -0.25) is 9.36 Å².